The molecule has 0 aliphatic heterocycles. The van der Waals surface area contributed by atoms with Crippen molar-refractivity contribution in [2.24, 2.45) is 0 Å². The molecule has 3 aromatic rings. The van der Waals surface area contributed by atoms with Crippen molar-refractivity contribution in [2.75, 3.05) is 11.9 Å². The lowest BCUT2D eigenvalue weighted by molar-refractivity contribution is 0.969. The molecule has 1 aromatic carbocycles. The van der Waals surface area contributed by atoms with Gasteiger partial charge in [0.25, 0.3) is 0 Å². The van der Waals surface area contributed by atoms with Gasteiger partial charge in [0, 0.05) is 30.1 Å². The SMILES string of the molecule is c1ccc(-c2nc(CCNc3ccccn3)cs2)cc1. The van der Waals surface area contributed by atoms with Crippen molar-refractivity contribution in [2.45, 2.75) is 6.42 Å². The predicted molar refractivity (Wildman–Crippen MR) is 84.0 cm³/mol. The molecule has 4 heteroatoms. The number of rotatable bonds is 5. The molecule has 0 unspecified atom stereocenters. The lowest BCUT2D eigenvalue weighted by Gasteiger charge is -2.02. The third kappa shape index (κ3) is 3.22. The molecule has 0 atom stereocenters. The van der Waals surface area contributed by atoms with Crippen LogP contribution in [-0.4, -0.2) is 16.5 Å². The quantitative estimate of drug-likeness (QED) is 0.771. The zero-order valence-corrected chi connectivity index (χ0v) is 11.8. The van der Waals surface area contributed by atoms with E-state index in [9.17, 15) is 0 Å². The molecule has 3 nitrogen and oxygen atoms in total. The summed E-state index contributed by atoms with van der Waals surface area (Å²) in [4.78, 5) is 8.90. The minimum Gasteiger partial charge on any atom is -0.370 e. The van der Waals surface area contributed by atoms with Gasteiger partial charge in [-0.05, 0) is 12.1 Å². The maximum atomic E-state index is 4.67. The second-order valence-electron chi connectivity index (χ2n) is 4.40. The van der Waals surface area contributed by atoms with Crippen molar-refractivity contribution in [1.29, 1.82) is 0 Å². The molecule has 1 N–H and O–H groups in total. The van der Waals surface area contributed by atoms with Crippen LogP contribution in [-0.2, 0) is 6.42 Å². The summed E-state index contributed by atoms with van der Waals surface area (Å²) in [5.74, 6) is 0.908. The molecule has 0 spiro atoms. The van der Waals surface area contributed by atoms with E-state index >= 15 is 0 Å². The normalized spacial score (nSPS) is 10.4. The van der Waals surface area contributed by atoms with Crippen LogP contribution in [0.3, 0.4) is 0 Å². The number of nitrogens with one attached hydrogen (secondary N) is 1. The van der Waals surface area contributed by atoms with Gasteiger partial charge in [0.15, 0.2) is 0 Å². The van der Waals surface area contributed by atoms with Gasteiger partial charge in [-0.15, -0.1) is 11.3 Å². The van der Waals surface area contributed by atoms with Gasteiger partial charge in [-0.3, -0.25) is 0 Å². The molecule has 100 valence electrons. The number of pyridine rings is 1. The van der Waals surface area contributed by atoms with Crippen molar-refractivity contribution in [1.82, 2.24) is 9.97 Å². The minimum absolute atomic E-state index is 0.842. The fourth-order valence-corrected chi connectivity index (χ4v) is 2.78. The number of hydrogen-bond acceptors (Lipinski definition) is 4. The lowest BCUT2D eigenvalue weighted by atomic mass is 10.2. The predicted octanol–water partition coefficient (Wildman–Crippen LogP) is 3.86. The van der Waals surface area contributed by atoms with E-state index in [4.69, 9.17) is 0 Å². The molecule has 0 amide bonds. The zero-order valence-electron chi connectivity index (χ0n) is 11.0. The smallest absolute Gasteiger partial charge is 0.125 e. The Labute approximate surface area is 122 Å². The number of thiazole rings is 1. The van der Waals surface area contributed by atoms with Crippen LogP contribution < -0.4 is 5.32 Å². The van der Waals surface area contributed by atoms with E-state index in [0.717, 1.165) is 29.5 Å². The molecule has 0 bridgehead atoms. The minimum atomic E-state index is 0.842. The largest absolute Gasteiger partial charge is 0.370 e. The summed E-state index contributed by atoms with van der Waals surface area (Å²) < 4.78 is 0. The summed E-state index contributed by atoms with van der Waals surface area (Å²) >= 11 is 1.69. The Hall–Kier alpha value is -2.20. The van der Waals surface area contributed by atoms with Crippen LogP contribution in [0.25, 0.3) is 10.6 Å². The van der Waals surface area contributed by atoms with Gasteiger partial charge in [-0.1, -0.05) is 36.4 Å². The highest BCUT2D eigenvalue weighted by Gasteiger charge is 2.04. The maximum absolute atomic E-state index is 4.67. The number of anilines is 1. The van der Waals surface area contributed by atoms with Crippen molar-refractivity contribution >= 4 is 17.2 Å². The third-order valence-corrected chi connectivity index (χ3v) is 3.86. The first-order chi connectivity index (χ1) is 9.92. The van der Waals surface area contributed by atoms with Crippen molar-refractivity contribution in [3.63, 3.8) is 0 Å². The monoisotopic (exact) mass is 281 g/mol. The van der Waals surface area contributed by atoms with Gasteiger partial charge in [-0.25, -0.2) is 9.97 Å². The first kappa shape index (κ1) is 12.8. The van der Waals surface area contributed by atoms with Gasteiger partial charge in [0.05, 0.1) is 5.69 Å². The van der Waals surface area contributed by atoms with Crippen LogP contribution in [0.1, 0.15) is 5.69 Å². The summed E-state index contributed by atoms with van der Waals surface area (Å²) in [6.45, 7) is 0.842. The first-order valence-corrected chi connectivity index (χ1v) is 7.44. The lowest BCUT2D eigenvalue weighted by Crippen LogP contribution is -2.06. The summed E-state index contributed by atoms with van der Waals surface area (Å²) in [7, 11) is 0. The van der Waals surface area contributed by atoms with Crippen LogP contribution in [0.5, 0.6) is 0 Å². The Morgan fingerprint density at radius 3 is 2.65 bits per heavy atom. The number of nitrogens with zero attached hydrogens (tertiary/aromatic N) is 2. The van der Waals surface area contributed by atoms with Crippen LogP contribution >= 0.6 is 11.3 Å². The highest BCUT2D eigenvalue weighted by atomic mass is 32.1. The standard InChI is InChI=1S/C16H15N3S/c1-2-6-13(7-3-1)16-19-14(12-20-16)9-11-18-15-8-4-5-10-17-15/h1-8,10,12H,9,11H2,(H,17,18). The van der Waals surface area contributed by atoms with E-state index in [1.54, 1.807) is 17.5 Å². The average molecular weight is 281 g/mol. The van der Waals surface area contributed by atoms with Gasteiger partial charge < -0.3 is 5.32 Å². The molecular formula is C16H15N3S. The summed E-state index contributed by atoms with van der Waals surface area (Å²) in [5, 5.41) is 6.50. The molecule has 2 aromatic heterocycles. The molecule has 0 fully saturated rings. The number of hydrogen-bond donors (Lipinski definition) is 1. The molecule has 0 radical (unpaired) electrons. The van der Waals surface area contributed by atoms with Crippen LogP contribution in [0.15, 0.2) is 60.1 Å². The maximum Gasteiger partial charge on any atom is 0.125 e. The Bertz CT molecular complexity index is 650. The Morgan fingerprint density at radius 1 is 1.00 bits per heavy atom. The summed E-state index contributed by atoms with van der Waals surface area (Å²) in [5.41, 5.74) is 2.30. The second-order valence-corrected chi connectivity index (χ2v) is 5.26. The van der Waals surface area contributed by atoms with E-state index in [-0.39, 0.29) is 0 Å². The molecule has 20 heavy (non-hydrogen) atoms. The number of aromatic nitrogens is 2. The summed E-state index contributed by atoms with van der Waals surface area (Å²) in [6, 6.07) is 16.1. The molecule has 0 aliphatic carbocycles. The van der Waals surface area contributed by atoms with Crippen molar-refractivity contribution in [3.05, 3.63) is 65.8 Å². The molecule has 2 heterocycles. The molecule has 0 aliphatic rings. The Morgan fingerprint density at radius 2 is 1.85 bits per heavy atom. The summed E-state index contributed by atoms with van der Waals surface area (Å²) in [6.07, 6.45) is 2.69. The molecule has 0 saturated carbocycles. The van der Waals surface area contributed by atoms with Gasteiger partial charge in [0.2, 0.25) is 0 Å². The average Bonchev–Trinajstić information content (AvgIpc) is 2.98. The molecule has 3 rings (SSSR count). The van der Waals surface area contributed by atoms with Crippen LogP contribution in [0, 0.1) is 0 Å². The fraction of sp³-hybridized carbons (Fsp3) is 0.125. The fourth-order valence-electron chi connectivity index (χ4n) is 1.92. The van der Waals surface area contributed by atoms with Crippen LogP contribution in [0.2, 0.25) is 0 Å². The van der Waals surface area contributed by atoms with E-state index < -0.39 is 0 Å². The van der Waals surface area contributed by atoms with E-state index in [1.165, 1.54) is 5.56 Å². The van der Waals surface area contributed by atoms with Crippen molar-refractivity contribution < 1.29 is 0 Å². The van der Waals surface area contributed by atoms with E-state index in [1.807, 2.05) is 36.4 Å². The number of benzene rings is 1. The second kappa shape index (κ2) is 6.30. The van der Waals surface area contributed by atoms with Gasteiger partial charge >= 0.3 is 0 Å². The first-order valence-electron chi connectivity index (χ1n) is 6.56. The van der Waals surface area contributed by atoms with Gasteiger partial charge in [0.1, 0.15) is 10.8 Å². The topological polar surface area (TPSA) is 37.8 Å². The van der Waals surface area contributed by atoms with Crippen LogP contribution in [0.4, 0.5) is 5.82 Å². The highest BCUT2D eigenvalue weighted by Crippen LogP contribution is 2.23. The molecule has 0 saturated heterocycles. The van der Waals surface area contributed by atoms with Crippen molar-refractivity contribution in [3.8, 4) is 10.6 Å². The van der Waals surface area contributed by atoms with E-state index in [0.29, 0.717) is 0 Å². The molecular weight excluding hydrogens is 266 g/mol. The van der Waals surface area contributed by atoms with Gasteiger partial charge in [-0.2, -0.15) is 0 Å². The van der Waals surface area contributed by atoms with E-state index in [2.05, 4.69) is 32.8 Å². The zero-order chi connectivity index (χ0) is 13.6. The Balaban J connectivity index is 1.58. The highest BCUT2D eigenvalue weighted by molar-refractivity contribution is 7.13. The third-order valence-electron chi connectivity index (χ3n) is 2.92. The Kier molecular flexibility index (Phi) is 4.04.